The van der Waals surface area contributed by atoms with Crippen molar-refractivity contribution in [2.24, 2.45) is 0 Å². The summed E-state index contributed by atoms with van der Waals surface area (Å²) in [4.78, 5) is 15.7. The molecule has 0 bridgehead atoms. The van der Waals surface area contributed by atoms with Crippen LogP contribution in [-0.2, 0) is 11.3 Å². The quantitative estimate of drug-likeness (QED) is 0.883. The van der Waals surface area contributed by atoms with Crippen molar-refractivity contribution in [3.05, 3.63) is 35.1 Å². The van der Waals surface area contributed by atoms with E-state index >= 15 is 0 Å². The zero-order valence-corrected chi connectivity index (χ0v) is 12.3. The number of hydrogen-bond acceptors (Lipinski definition) is 4. The monoisotopic (exact) mass is 290 g/mol. The number of nitrogens with zero attached hydrogens (tertiary/aromatic N) is 3. The minimum Gasteiger partial charge on any atom is -0.347 e. The lowest BCUT2D eigenvalue weighted by Crippen LogP contribution is -2.57. The molecule has 0 aromatic heterocycles. The Kier molecular flexibility index (Phi) is 4.89. The highest BCUT2D eigenvalue weighted by molar-refractivity contribution is 5.81. The molecule has 1 heterocycles. The molecule has 1 aliphatic heterocycles. The summed E-state index contributed by atoms with van der Waals surface area (Å²) in [6.07, 6.45) is 0. The third-order valence-corrected chi connectivity index (χ3v) is 3.65. The second-order valence-corrected chi connectivity index (χ2v) is 5.31. The van der Waals surface area contributed by atoms with E-state index in [1.165, 1.54) is 6.07 Å². The maximum absolute atomic E-state index is 14.2. The number of benzene rings is 1. The first-order chi connectivity index (χ1) is 10.0. The van der Waals surface area contributed by atoms with Gasteiger partial charge in [0.15, 0.2) is 0 Å². The van der Waals surface area contributed by atoms with Crippen molar-refractivity contribution < 1.29 is 9.18 Å². The summed E-state index contributed by atoms with van der Waals surface area (Å²) in [6.45, 7) is 2.31. The van der Waals surface area contributed by atoms with E-state index in [9.17, 15) is 9.18 Å². The number of carbonyl (C=O) groups excluding carboxylic acids is 1. The summed E-state index contributed by atoms with van der Waals surface area (Å²) in [5, 5.41) is 12.1. The maximum Gasteiger partial charge on any atom is 0.240 e. The molecule has 112 valence electrons. The smallest absolute Gasteiger partial charge is 0.240 e. The fourth-order valence-corrected chi connectivity index (χ4v) is 2.48. The van der Waals surface area contributed by atoms with Crippen molar-refractivity contribution in [1.29, 1.82) is 5.26 Å². The normalized spacial score (nSPS) is 19.0. The Morgan fingerprint density at radius 1 is 1.57 bits per heavy atom. The van der Waals surface area contributed by atoms with Crippen LogP contribution in [0.5, 0.6) is 0 Å². The molecule has 1 aromatic carbocycles. The van der Waals surface area contributed by atoms with Gasteiger partial charge in [0.2, 0.25) is 5.91 Å². The second kappa shape index (κ2) is 6.66. The van der Waals surface area contributed by atoms with Crippen LogP contribution in [0.3, 0.4) is 0 Å². The van der Waals surface area contributed by atoms with Gasteiger partial charge in [0.25, 0.3) is 0 Å². The first-order valence-electron chi connectivity index (χ1n) is 6.88. The number of nitriles is 1. The van der Waals surface area contributed by atoms with E-state index < -0.39 is 5.82 Å². The van der Waals surface area contributed by atoms with Gasteiger partial charge >= 0.3 is 0 Å². The van der Waals surface area contributed by atoms with Crippen molar-refractivity contribution in [1.82, 2.24) is 15.1 Å². The third kappa shape index (κ3) is 3.38. The lowest BCUT2D eigenvalue weighted by molar-refractivity contribution is -0.135. The molecule has 1 fully saturated rings. The number of nitrogens with one attached hydrogen (secondary N) is 1. The molecule has 0 aliphatic carbocycles. The number of likely N-dealkylation sites (N-methyl/N-ethyl adjacent to an activating group) is 1. The second-order valence-electron chi connectivity index (χ2n) is 5.31. The maximum atomic E-state index is 14.2. The van der Waals surface area contributed by atoms with E-state index in [-0.39, 0.29) is 17.5 Å². The van der Waals surface area contributed by atoms with Gasteiger partial charge in [0.1, 0.15) is 17.9 Å². The molecule has 1 unspecified atom stereocenters. The molecule has 1 N–H and O–H groups in total. The molecule has 21 heavy (non-hydrogen) atoms. The highest BCUT2D eigenvalue weighted by atomic mass is 19.1. The highest BCUT2D eigenvalue weighted by Crippen LogP contribution is 2.17. The SMILES string of the molecule is CN(C)C(=O)C1CNCCN1Cc1cccc(C#N)c1F. The Morgan fingerprint density at radius 3 is 3.00 bits per heavy atom. The predicted molar refractivity (Wildman–Crippen MR) is 76.9 cm³/mol. The molecule has 6 heteroatoms. The van der Waals surface area contributed by atoms with Crippen LogP contribution in [0.1, 0.15) is 11.1 Å². The number of amides is 1. The van der Waals surface area contributed by atoms with E-state index in [0.717, 1.165) is 6.54 Å². The Bertz CT molecular complexity index is 567. The van der Waals surface area contributed by atoms with E-state index in [4.69, 9.17) is 5.26 Å². The Balaban J connectivity index is 2.20. The summed E-state index contributed by atoms with van der Waals surface area (Å²) in [6, 6.07) is 6.33. The van der Waals surface area contributed by atoms with E-state index in [0.29, 0.717) is 25.2 Å². The van der Waals surface area contributed by atoms with E-state index in [1.807, 2.05) is 11.0 Å². The van der Waals surface area contributed by atoms with Gasteiger partial charge in [-0.25, -0.2) is 4.39 Å². The molecule has 0 spiro atoms. The van der Waals surface area contributed by atoms with Crippen LogP contribution in [0, 0.1) is 17.1 Å². The summed E-state index contributed by atoms with van der Waals surface area (Å²) < 4.78 is 14.2. The van der Waals surface area contributed by atoms with Crippen molar-refractivity contribution >= 4 is 5.91 Å². The highest BCUT2D eigenvalue weighted by Gasteiger charge is 2.30. The number of piperazine rings is 1. The van der Waals surface area contributed by atoms with Crippen LogP contribution in [0.2, 0.25) is 0 Å². The summed E-state index contributed by atoms with van der Waals surface area (Å²) >= 11 is 0. The van der Waals surface area contributed by atoms with Gasteiger partial charge in [0, 0.05) is 45.8 Å². The molecule has 1 saturated heterocycles. The molecule has 1 amide bonds. The van der Waals surface area contributed by atoms with Crippen LogP contribution in [0.4, 0.5) is 4.39 Å². The first-order valence-corrected chi connectivity index (χ1v) is 6.88. The third-order valence-electron chi connectivity index (χ3n) is 3.65. The average Bonchev–Trinajstić information content (AvgIpc) is 2.49. The predicted octanol–water partition coefficient (Wildman–Crippen LogP) is 0.559. The summed E-state index contributed by atoms with van der Waals surface area (Å²) in [5.74, 6) is -0.492. The molecule has 0 saturated carbocycles. The average molecular weight is 290 g/mol. The minimum absolute atomic E-state index is 0.000883. The van der Waals surface area contributed by atoms with Gasteiger partial charge < -0.3 is 10.2 Å². The lowest BCUT2D eigenvalue weighted by atomic mass is 10.1. The van der Waals surface area contributed by atoms with Gasteiger partial charge in [-0.05, 0) is 6.07 Å². The summed E-state index contributed by atoms with van der Waals surface area (Å²) in [5.41, 5.74) is 0.491. The van der Waals surface area contributed by atoms with Crippen LogP contribution in [-0.4, -0.2) is 55.5 Å². The molecular formula is C15H19FN4O. The number of hydrogen-bond donors (Lipinski definition) is 1. The molecule has 2 rings (SSSR count). The lowest BCUT2D eigenvalue weighted by Gasteiger charge is -2.36. The fourth-order valence-electron chi connectivity index (χ4n) is 2.48. The zero-order chi connectivity index (χ0) is 15.4. The van der Waals surface area contributed by atoms with Crippen molar-refractivity contribution in [2.75, 3.05) is 33.7 Å². The van der Waals surface area contributed by atoms with Gasteiger partial charge in [-0.3, -0.25) is 9.69 Å². The van der Waals surface area contributed by atoms with Gasteiger partial charge in [-0.15, -0.1) is 0 Å². The topological polar surface area (TPSA) is 59.4 Å². The van der Waals surface area contributed by atoms with Crippen LogP contribution >= 0.6 is 0 Å². The van der Waals surface area contributed by atoms with Crippen LogP contribution < -0.4 is 5.32 Å². The van der Waals surface area contributed by atoms with Crippen LogP contribution in [0.15, 0.2) is 18.2 Å². The standard InChI is InChI=1S/C15H19FN4O/c1-19(2)15(21)13-9-18-6-7-20(13)10-12-5-3-4-11(8-17)14(12)16/h3-5,13,18H,6-7,9-10H2,1-2H3. The molecule has 0 radical (unpaired) electrons. The first kappa shape index (κ1) is 15.4. The number of rotatable bonds is 3. The molecule has 1 atom stereocenters. The zero-order valence-electron chi connectivity index (χ0n) is 12.3. The largest absolute Gasteiger partial charge is 0.347 e. The Morgan fingerprint density at radius 2 is 2.33 bits per heavy atom. The Hall–Kier alpha value is -1.97. The van der Waals surface area contributed by atoms with Crippen molar-refractivity contribution in [3.63, 3.8) is 0 Å². The molecule has 1 aromatic rings. The fraction of sp³-hybridized carbons (Fsp3) is 0.467. The van der Waals surface area contributed by atoms with Gasteiger partial charge in [-0.2, -0.15) is 5.26 Å². The van der Waals surface area contributed by atoms with Crippen LogP contribution in [0.25, 0.3) is 0 Å². The van der Waals surface area contributed by atoms with Crippen molar-refractivity contribution in [2.45, 2.75) is 12.6 Å². The van der Waals surface area contributed by atoms with Gasteiger partial charge in [0.05, 0.1) is 5.56 Å². The number of carbonyl (C=O) groups is 1. The minimum atomic E-state index is -0.491. The Labute approximate surface area is 123 Å². The molecular weight excluding hydrogens is 271 g/mol. The molecule has 5 nitrogen and oxygen atoms in total. The number of halogens is 1. The summed E-state index contributed by atoms with van der Waals surface area (Å²) in [7, 11) is 3.43. The van der Waals surface area contributed by atoms with E-state index in [1.54, 1.807) is 31.1 Å². The van der Waals surface area contributed by atoms with Crippen molar-refractivity contribution in [3.8, 4) is 6.07 Å². The van der Waals surface area contributed by atoms with E-state index in [2.05, 4.69) is 5.32 Å². The van der Waals surface area contributed by atoms with Gasteiger partial charge in [-0.1, -0.05) is 12.1 Å². The molecule has 1 aliphatic rings.